The predicted molar refractivity (Wildman–Crippen MR) is 104 cm³/mol. The summed E-state index contributed by atoms with van der Waals surface area (Å²) in [5.74, 6) is 0.992. The van der Waals surface area contributed by atoms with Gasteiger partial charge < -0.3 is 20.3 Å². The van der Waals surface area contributed by atoms with Crippen molar-refractivity contribution in [1.29, 1.82) is 0 Å². The minimum absolute atomic E-state index is 0. The van der Waals surface area contributed by atoms with Crippen molar-refractivity contribution in [2.45, 2.75) is 44.2 Å². The first-order valence-electron chi connectivity index (χ1n) is 8.98. The molecular formula is C19H28ClN3O3. The first-order chi connectivity index (χ1) is 12.0. The highest BCUT2D eigenvalue weighted by molar-refractivity contribution is 5.91. The number of piperidine rings is 1. The summed E-state index contributed by atoms with van der Waals surface area (Å²) < 4.78 is 5.49. The second kappa shape index (κ2) is 9.24. The lowest BCUT2D eigenvalue weighted by molar-refractivity contribution is -0.130. The Labute approximate surface area is 161 Å². The molecule has 2 bridgehead atoms. The molecule has 0 spiro atoms. The van der Waals surface area contributed by atoms with E-state index < -0.39 is 0 Å². The van der Waals surface area contributed by atoms with Crippen LogP contribution < -0.4 is 15.4 Å². The van der Waals surface area contributed by atoms with Gasteiger partial charge in [-0.1, -0.05) is 6.07 Å². The van der Waals surface area contributed by atoms with Crippen molar-refractivity contribution in [3.05, 3.63) is 24.3 Å². The molecule has 2 aliphatic rings. The van der Waals surface area contributed by atoms with Crippen LogP contribution in [0, 0.1) is 5.92 Å². The molecule has 7 heteroatoms. The van der Waals surface area contributed by atoms with Crippen LogP contribution in [0.25, 0.3) is 0 Å². The van der Waals surface area contributed by atoms with Gasteiger partial charge in [0.1, 0.15) is 5.75 Å². The number of fused-ring (bicyclic) bond motifs is 2. The number of carbonyl (C=O) groups is 2. The van der Waals surface area contributed by atoms with E-state index in [9.17, 15) is 9.59 Å². The lowest BCUT2D eigenvalue weighted by atomic mass is 9.89. The van der Waals surface area contributed by atoms with Crippen LogP contribution in [0.2, 0.25) is 0 Å². The lowest BCUT2D eigenvalue weighted by Gasteiger charge is -2.28. The van der Waals surface area contributed by atoms with Gasteiger partial charge in [0, 0.05) is 44.4 Å². The molecule has 2 fully saturated rings. The average molecular weight is 382 g/mol. The molecule has 2 amide bonds. The van der Waals surface area contributed by atoms with Gasteiger partial charge in [0.25, 0.3) is 5.91 Å². The number of nitrogens with zero attached hydrogens (tertiary/aromatic N) is 1. The van der Waals surface area contributed by atoms with Gasteiger partial charge in [-0.25, -0.2) is 0 Å². The van der Waals surface area contributed by atoms with Gasteiger partial charge in [-0.05, 0) is 43.7 Å². The SMILES string of the molecule is CN(C)C(=O)COc1cccc(NC(=O)CC2CC3CCC(C2)N3)c1.Cl. The van der Waals surface area contributed by atoms with Gasteiger partial charge in [0.2, 0.25) is 5.91 Å². The normalized spacial score (nSPS) is 23.7. The van der Waals surface area contributed by atoms with Gasteiger partial charge in [-0.3, -0.25) is 9.59 Å². The molecule has 6 nitrogen and oxygen atoms in total. The number of hydrogen-bond donors (Lipinski definition) is 2. The second-order valence-corrected chi connectivity index (χ2v) is 7.33. The number of halogens is 1. The molecular weight excluding hydrogens is 354 g/mol. The van der Waals surface area contributed by atoms with Gasteiger partial charge >= 0.3 is 0 Å². The Balaban J connectivity index is 0.00000243. The molecule has 26 heavy (non-hydrogen) atoms. The number of hydrogen-bond acceptors (Lipinski definition) is 4. The largest absolute Gasteiger partial charge is 0.484 e. The van der Waals surface area contributed by atoms with Crippen LogP contribution in [0.15, 0.2) is 24.3 Å². The first kappa shape index (κ1) is 20.5. The number of benzene rings is 1. The Morgan fingerprint density at radius 3 is 2.58 bits per heavy atom. The van der Waals surface area contributed by atoms with E-state index in [4.69, 9.17) is 4.74 Å². The Kier molecular flexibility index (Phi) is 7.29. The van der Waals surface area contributed by atoms with E-state index in [1.807, 2.05) is 12.1 Å². The fraction of sp³-hybridized carbons (Fsp3) is 0.579. The summed E-state index contributed by atoms with van der Waals surface area (Å²) in [6.45, 7) is -0.0117. The van der Waals surface area contributed by atoms with E-state index in [-0.39, 0.29) is 30.8 Å². The van der Waals surface area contributed by atoms with Crippen LogP contribution in [0.4, 0.5) is 5.69 Å². The summed E-state index contributed by atoms with van der Waals surface area (Å²) in [6.07, 6.45) is 5.25. The zero-order chi connectivity index (χ0) is 17.8. The molecule has 0 aliphatic carbocycles. The fourth-order valence-corrected chi connectivity index (χ4v) is 3.75. The average Bonchev–Trinajstić information content (AvgIpc) is 2.91. The molecule has 3 rings (SSSR count). The van der Waals surface area contributed by atoms with Crippen molar-refractivity contribution in [1.82, 2.24) is 10.2 Å². The molecule has 2 aliphatic heterocycles. The Hall–Kier alpha value is -1.79. The third-order valence-corrected chi connectivity index (χ3v) is 5.02. The van der Waals surface area contributed by atoms with Crippen molar-refractivity contribution in [3.8, 4) is 5.75 Å². The third kappa shape index (κ3) is 5.61. The van der Waals surface area contributed by atoms with Gasteiger partial charge in [-0.15, -0.1) is 12.4 Å². The monoisotopic (exact) mass is 381 g/mol. The smallest absolute Gasteiger partial charge is 0.259 e. The van der Waals surface area contributed by atoms with Crippen molar-refractivity contribution >= 4 is 29.9 Å². The number of ether oxygens (including phenoxy) is 1. The zero-order valence-corrected chi connectivity index (χ0v) is 16.2. The van der Waals surface area contributed by atoms with E-state index >= 15 is 0 Å². The molecule has 1 aromatic carbocycles. The third-order valence-electron chi connectivity index (χ3n) is 5.02. The molecule has 0 aromatic heterocycles. The summed E-state index contributed by atoms with van der Waals surface area (Å²) in [5.41, 5.74) is 0.705. The van der Waals surface area contributed by atoms with E-state index in [2.05, 4.69) is 10.6 Å². The quantitative estimate of drug-likeness (QED) is 0.794. The maximum atomic E-state index is 12.3. The van der Waals surface area contributed by atoms with Crippen molar-refractivity contribution in [2.75, 3.05) is 26.0 Å². The van der Waals surface area contributed by atoms with Crippen LogP contribution in [0.5, 0.6) is 5.75 Å². The molecule has 2 heterocycles. The lowest BCUT2D eigenvalue weighted by Crippen LogP contribution is -2.39. The number of nitrogens with one attached hydrogen (secondary N) is 2. The molecule has 2 unspecified atom stereocenters. The summed E-state index contributed by atoms with van der Waals surface area (Å²) in [5, 5.41) is 6.56. The van der Waals surface area contributed by atoms with Gasteiger partial charge in [-0.2, -0.15) is 0 Å². The minimum Gasteiger partial charge on any atom is -0.484 e. The van der Waals surface area contributed by atoms with E-state index in [0.29, 0.717) is 35.9 Å². The number of rotatable bonds is 6. The van der Waals surface area contributed by atoms with Crippen LogP contribution in [0.3, 0.4) is 0 Å². The molecule has 2 saturated heterocycles. The summed E-state index contributed by atoms with van der Waals surface area (Å²) in [4.78, 5) is 25.4. The minimum atomic E-state index is -0.102. The van der Waals surface area contributed by atoms with Crippen LogP contribution in [0.1, 0.15) is 32.1 Å². The predicted octanol–water partition coefficient (Wildman–Crippen LogP) is 2.43. The summed E-state index contributed by atoms with van der Waals surface area (Å²) >= 11 is 0. The molecule has 144 valence electrons. The van der Waals surface area contributed by atoms with Crippen molar-refractivity contribution < 1.29 is 14.3 Å². The van der Waals surface area contributed by atoms with Crippen LogP contribution >= 0.6 is 12.4 Å². The zero-order valence-electron chi connectivity index (χ0n) is 15.4. The topological polar surface area (TPSA) is 70.7 Å². The molecule has 1 aromatic rings. The number of carbonyl (C=O) groups excluding carboxylic acids is 2. The standard InChI is InChI=1S/C19H27N3O3.ClH/c1-22(2)19(24)12-25-17-5-3-4-14(11-17)21-18(23)10-13-8-15-6-7-16(9-13)20-15;/h3-5,11,13,15-16,20H,6-10,12H2,1-2H3,(H,21,23);1H. The van der Waals surface area contributed by atoms with Crippen molar-refractivity contribution in [3.63, 3.8) is 0 Å². The maximum absolute atomic E-state index is 12.3. The van der Waals surface area contributed by atoms with Crippen molar-refractivity contribution in [2.24, 2.45) is 5.92 Å². The number of amides is 2. The Morgan fingerprint density at radius 1 is 1.23 bits per heavy atom. The fourth-order valence-electron chi connectivity index (χ4n) is 3.75. The van der Waals surface area contributed by atoms with Gasteiger partial charge in [0.15, 0.2) is 6.61 Å². The molecule has 0 saturated carbocycles. The first-order valence-corrected chi connectivity index (χ1v) is 8.98. The van der Waals surface area contributed by atoms with Crippen LogP contribution in [-0.4, -0.2) is 49.5 Å². The molecule has 2 N–H and O–H groups in total. The summed E-state index contributed by atoms with van der Waals surface area (Å²) in [7, 11) is 3.38. The van der Waals surface area contributed by atoms with Crippen LogP contribution in [-0.2, 0) is 9.59 Å². The number of likely N-dealkylation sites (N-methyl/N-ethyl adjacent to an activating group) is 1. The highest BCUT2D eigenvalue weighted by Crippen LogP contribution is 2.32. The van der Waals surface area contributed by atoms with E-state index in [1.54, 1.807) is 26.2 Å². The molecule has 2 atom stereocenters. The molecule has 0 radical (unpaired) electrons. The van der Waals surface area contributed by atoms with E-state index in [0.717, 1.165) is 12.8 Å². The highest BCUT2D eigenvalue weighted by atomic mass is 35.5. The number of anilines is 1. The Bertz CT molecular complexity index is 626. The second-order valence-electron chi connectivity index (χ2n) is 7.33. The summed E-state index contributed by atoms with van der Waals surface area (Å²) in [6, 6.07) is 8.39. The highest BCUT2D eigenvalue weighted by Gasteiger charge is 2.34. The Morgan fingerprint density at radius 2 is 1.92 bits per heavy atom. The maximum Gasteiger partial charge on any atom is 0.259 e. The van der Waals surface area contributed by atoms with Gasteiger partial charge in [0.05, 0.1) is 0 Å². The van der Waals surface area contributed by atoms with E-state index in [1.165, 1.54) is 17.7 Å².